The summed E-state index contributed by atoms with van der Waals surface area (Å²) < 4.78 is 0. The number of hydrogen-bond acceptors (Lipinski definition) is 5. The molecule has 0 fully saturated rings. The van der Waals surface area contributed by atoms with E-state index < -0.39 is 0 Å². The van der Waals surface area contributed by atoms with E-state index in [1.807, 2.05) is 35.0 Å². The van der Waals surface area contributed by atoms with Crippen LogP contribution in [0.15, 0.2) is 35.0 Å². The zero-order valence-corrected chi connectivity index (χ0v) is 15.4. The van der Waals surface area contributed by atoms with E-state index in [1.54, 1.807) is 0 Å². The van der Waals surface area contributed by atoms with Crippen molar-refractivity contribution in [1.82, 2.24) is 15.5 Å². The van der Waals surface area contributed by atoms with Crippen molar-refractivity contribution in [2.45, 2.75) is 12.8 Å². The zero-order valence-electron chi connectivity index (χ0n) is 13.8. The van der Waals surface area contributed by atoms with Gasteiger partial charge in [-0.25, -0.2) is 0 Å². The van der Waals surface area contributed by atoms with Crippen molar-refractivity contribution in [3.8, 4) is 0 Å². The lowest BCUT2D eigenvalue weighted by molar-refractivity contribution is 0.0949. The van der Waals surface area contributed by atoms with Gasteiger partial charge in [-0.1, -0.05) is 12.1 Å². The summed E-state index contributed by atoms with van der Waals surface area (Å²) >= 11 is 2.91. The molecule has 0 spiro atoms. The van der Waals surface area contributed by atoms with E-state index in [2.05, 4.69) is 22.6 Å². The Morgan fingerprint density at radius 3 is 1.75 bits per heavy atom. The van der Waals surface area contributed by atoms with E-state index in [0.29, 0.717) is 13.1 Å². The molecule has 0 aromatic carbocycles. The molecule has 0 saturated carbocycles. The Morgan fingerprint density at radius 2 is 1.38 bits per heavy atom. The predicted molar refractivity (Wildman–Crippen MR) is 100 cm³/mol. The van der Waals surface area contributed by atoms with E-state index in [9.17, 15) is 9.59 Å². The molecule has 2 aromatic heterocycles. The quantitative estimate of drug-likeness (QED) is 0.637. The minimum absolute atomic E-state index is 0.00365. The molecule has 7 heteroatoms. The summed E-state index contributed by atoms with van der Waals surface area (Å²) in [7, 11) is 2.06. The SMILES string of the molecule is CN(CCCNC(=O)c1cccs1)CCCNC(=O)c1cccs1. The maximum Gasteiger partial charge on any atom is 0.261 e. The van der Waals surface area contributed by atoms with Crippen LogP contribution >= 0.6 is 22.7 Å². The van der Waals surface area contributed by atoms with Gasteiger partial charge in [-0.05, 0) is 55.9 Å². The molecule has 2 amide bonds. The molecule has 2 rings (SSSR count). The Bertz CT molecular complexity index is 558. The minimum atomic E-state index is 0.00365. The number of rotatable bonds is 10. The number of nitrogens with zero attached hydrogens (tertiary/aromatic N) is 1. The minimum Gasteiger partial charge on any atom is -0.351 e. The molecule has 0 radical (unpaired) electrons. The number of amides is 2. The van der Waals surface area contributed by atoms with E-state index in [-0.39, 0.29) is 11.8 Å². The van der Waals surface area contributed by atoms with Crippen LogP contribution in [0, 0.1) is 0 Å². The second-order valence-corrected chi connectivity index (χ2v) is 7.37. The molecule has 0 bridgehead atoms. The van der Waals surface area contributed by atoms with Gasteiger partial charge >= 0.3 is 0 Å². The fourth-order valence-electron chi connectivity index (χ4n) is 2.20. The van der Waals surface area contributed by atoms with Gasteiger partial charge < -0.3 is 15.5 Å². The summed E-state index contributed by atoms with van der Waals surface area (Å²) in [5.41, 5.74) is 0. The lowest BCUT2D eigenvalue weighted by Gasteiger charge is -2.16. The number of carbonyl (C=O) groups excluding carboxylic acids is 2. The van der Waals surface area contributed by atoms with Crippen molar-refractivity contribution in [3.05, 3.63) is 44.8 Å². The standard InChI is InChI=1S/C17H23N3O2S2/c1-20(10-4-8-18-16(21)14-6-2-12-23-14)11-5-9-19-17(22)15-7-3-13-24-15/h2-3,6-7,12-13H,4-5,8-11H2,1H3,(H,18,21)(H,19,22). The number of thiophene rings is 2. The molecular weight excluding hydrogens is 342 g/mol. The van der Waals surface area contributed by atoms with Crippen LogP contribution in [-0.2, 0) is 0 Å². The third kappa shape index (κ3) is 6.43. The molecular formula is C17H23N3O2S2. The molecule has 24 heavy (non-hydrogen) atoms. The molecule has 130 valence electrons. The van der Waals surface area contributed by atoms with Gasteiger partial charge in [-0.3, -0.25) is 9.59 Å². The van der Waals surface area contributed by atoms with Gasteiger partial charge in [-0.15, -0.1) is 22.7 Å². The predicted octanol–water partition coefficient (Wildman–Crippen LogP) is 2.68. The molecule has 2 heterocycles. The number of hydrogen-bond donors (Lipinski definition) is 2. The fraction of sp³-hybridized carbons (Fsp3) is 0.412. The van der Waals surface area contributed by atoms with Gasteiger partial charge in [0.15, 0.2) is 0 Å². The van der Waals surface area contributed by atoms with Crippen LogP contribution < -0.4 is 10.6 Å². The first-order chi connectivity index (χ1) is 11.7. The highest BCUT2D eigenvalue weighted by atomic mass is 32.1. The van der Waals surface area contributed by atoms with Crippen LogP contribution in [0.3, 0.4) is 0 Å². The Hall–Kier alpha value is -1.70. The Labute approximate surface area is 150 Å². The monoisotopic (exact) mass is 365 g/mol. The maximum atomic E-state index is 11.8. The van der Waals surface area contributed by atoms with Gasteiger partial charge in [0.25, 0.3) is 11.8 Å². The lowest BCUT2D eigenvalue weighted by atomic mass is 10.3. The van der Waals surface area contributed by atoms with Crippen LogP contribution in [-0.4, -0.2) is 49.9 Å². The van der Waals surface area contributed by atoms with Crippen LogP contribution in [0.4, 0.5) is 0 Å². The highest BCUT2D eigenvalue weighted by Crippen LogP contribution is 2.08. The van der Waals surface area contributed by atoms with Crippen LogP contribution in [0.1, 0.15) is 32.2 Å². The Balaban J connectivity index is 1.48. The maximum absolute atomic E-state index is 11.8. The van der Waals surface area contributed by atoms with Gasteiger partial charge in [-0.2, -0.15) is 0 Å². The zero-order chi connectivity index (χ0) is 17.2. The van der Waals surface area contributed by atoms with Crippen molar-refractivity contribution in [2.24, 2.45) is 0 Å². The molecule has 2 aromatic rings. The van der Waals surface area contributed by atoms with Crippen LogP contribution in [0.2, 0.25) is 0 Å². The van der Waals surface area contributed by atoms with Gasteiger partial charge in [0.1, 0.15) is 0 Å². The van der Waals surface area contributed by atoms with Crippen LogP contribution in [0.5, 0.6) is 0 Å². The summed E-state index contributed by atoms with van der Waals surface area (Å²) in [6.45, 7) is 3.19. The Morgan fingerprint density at radius 1 is 0.917 bits per heavy atom. The first-order valence-electron chi connectivity index (χ1n) is 7.99. The second-order valence-electron chi connectivity index (χ2n) is 5.48. The topological polar surface area (TPSA) is 61.4 Å². The number of carbonyl (C=O) groups is 2. The van der Waals surface area contributed by atoms with Crippen molar-refractivity contribution < 1.29 is 9.59 Å². The summed E-state index contributed by atoms with van der Waals surface area (Å²) in [5, 5.41) is 9.66. The fourth-order valence-corrected chi connectivity index (χ4v) is 3.48. The summed E-state index contributed by atoms with van der Waals surface area (Å²) in [6.07, 6.45) is 1.82. The molecule has 0 saturated heterocycles. The summed E-state index contributed by atoms with van der Waals surface area (Å²) in [4.78, 5) is 27.3. The molecule has 5 nitrogen and oxygen atoms in total. The summed E-state index contributed by atoms with van der Waals surface area (Å²) in [6, 6.07) is 7.42. The van der Waals surface area contributed by atoms with E-state index >= 15 is 0 Å². The molecule has 0 atom stereocenters. The summed E-state index contributed by atoms with van der Waals surface area (Å²) in [5.74, 6) is 0.00730. The Kier molecular flexibility index (Phi) is 7.94. The average molecular weight is 366 g/mol. The number of nitrogens with one attached hydrogen (secondary N) is 2. The molecule has 2 N–H and O–H groups in total. The van der Waals surface area contributed by atoms with Gasteiger partial charge in [0, 0.05) is 13.1 Å². The smallest absolute Gasteiger partial charge is 0.261 e. The molecule has 0 aliphatic heterocycles. The van der Waals surface area contributed by atoms with Crippen molar-refractivity contribution in [2.75, 3.05) is 33.2 Å². The first kappa shape index (κ1) is 18.6. The second kappa shape index (κ2) is 10.2. The van der Waals surface area contributed by atoms with E-state index in [1.165, 1.54) is 22.7 Å². The average Bonchev–Trinajstić information content (AvgIpc) is 3.28. The van der Waals surface area contributed by atoms with E-state index in [4.69, 9.17) is 0 Å². The molecule has 0 aliphatic carbocycles. The highest BCUT2D eigenvalue weighted by molar-refractivity contribution is 7.12. The van der Waals surface area contributed by atoms with Crippen LogP contribution in [0.25, 0.3) is 0 Å². The third-order valence-corrected chi connectivity index (χ3v) is 5.23. The van der Waals surface area contributed by atoms with Crippen molar-refractivity contribution in [3.63, 3.8) is 0 Å². The van der Waals surface area contributed by atoms with Gasteiger partial charge in [0.05, 0.1) is 9.75 Å². The normalized spacial score (nSPS) is 10.8. The first-order valence-corrected chi connectivity index (χ1v) is 9.74. The van der Waals surface area contributed by atoms with E-state index in [0.717, 1.165) is 35.7 Å². The third-order valence-electron chi connectivity index (χ3n) is 3.49. The largest absolute Gasteiger partial charge is 0.351 e. The van der Waals surface area contributed by atoms with Gasteiger partial charge in [0.2, 0.25) is 0 Å². The molecule has 0 aliphatic rings. The lowest BCUT2D eigenvalue weighted by Crippen LogP contribution is -2.30. The highest BCUT2D eigenvalue weighted by Gasteiger charge is 2.06. The molecule has 0 unspecified atom stereocenters. The van der Waals surface area contributed by atoms with Crippen molar-refractivity contribution in [1.29, 1.82) is 0 Å². The van der Waals surface area contributed by atoms with Crippen molar-refractivity contribution >= 4 is 34.5 Å².